The molecule has 0 N–H and O–H groups in total. The molecule has 140 valence electrons. The molecule has 2 unspecified atom stereocenters. The quantitative estimate of drug-likeness (QED) is 0.688. The normalized spacial score (nSPS) is 20.3. The third-order valence-electron chi connectivity index (χ3n) is 4.89. The van der Waals surface area contributed by atoms with Crippen molar-refractivity contribution >= 4 is 0 Å². The molecule has 1 fully saturated rings. The maximum atomic E-state index is 14.7. The number of hydrogen-bond donors (Lipinski definition) is 0. The summed E-state index contributed by atoms with van der Waals surface area (Å²) in [4.78, 5) is 0. The molecule has 0 spiro atoms. The molecule has 0 amide bonds. The van der Waals surface area contributed by atoms with Crippen molar-refractivity contribution in [3.8, 4) is 11.1 Å². The van der Waals surface area contributed by atoms with Crippen molar-refractivity contribution in [2.75, 3.05) is 13.7 Å². The first-order valence-electron chi connectivity index (χ1n) is 8.96. The van der Waals surface area contributed by atoms with Gasteiger partial charge in [0.2, 0.25) is 0 Å². The Labute approximate surface area is 151 Å². The minimum absolute atomic E-state index is 0.0193. The lowest BCUT2D eigenvalue weighted by Crippen LogP contribution is -2.27. The van der Waals surface area contributed by atoms with Gasteiger partial charge >= 0.3 is 0 Å². The van der Waals surface area contributed by atoms with Crippen molar-refractivity contribution in [1.29, 1.82) is 0 Å². The second-order valence-corrected chi connectivity index (χ2v) is 6.65. The minimum Gasteiger partial charge on any atom is -0.379 e. The molecule has 3 rings (SSSR count). The van der Waals surface area contributed by atoms with E-state index in [0.717, 1.165) is 24.8 Å². The molecule has 0 aromatic heterocycles. The van der Waals surface area contributed by atoms with Gasteiger partial charge in [0, 0.05) is 23.8 Å². The van der Waals surface area contributed by atoms with E-state index in [4.69, 9.17) is 9.47 Å². The molecular weight excluding hydrogens is 341 g/mol. The Bertz CT molecular complexity index is 768. The molecule has 0 saturated carbocycles. The second kappa shape index (κ2) is 8.23. The van der Waals surface area contributed by atoms with E-state index in [1.807, 2.05) is 6.92 Å². The van der Waals surface area contributed by atoms with Crippen molar-refractivity contribution in [3.63, 3.8) is 0 Å². The molecule has 0 radical (unpaired) electrons. The number of methoxy groups -OCH3 is 1. The second-order valence-electron chi connectivity index (χ2n) is 6.65. The van der Waals surface area contributed by atoms with E-state index in [2.05, 4.69) is 0 Å². The van der Waals surface area contributed by atoms with Crippen LogP contribution in [-0.4, -0.2) is 19.8 Å². The fourth-order valence-corrected chi connectivity index (χ4v) is 3.40. The van der Waals surface area contributed by atoms with E-state index in [9.17, 15) is 13.2 Å². The monoisotopic (exact) mass is 364 g/mol. The van der Waals surface area contributed by atoms with Gasteiger partial charge in [0.15, 0.2) is 11.6 Å². The third-order valence-corrected chi connectivity index (χ3v) is 4.89. The van der Waals surface area contributed by atoms with Gasteiger partial charge in [-0.25, -0.2) is 13.2 Å². The van der Waals surface area contributed by atoms with Gasteiger partial charge in [-0.3, -0.25) is 0 Å². The summed E-state index contributed by atoms with van der Waals surface area (Å²) < 4.78 is 54.5. The molecule has 26 heavy (non-hydrogen) atoms. The van der Waals surface area contributed by atoms with Gasteiger partial charge in [-0.2, -0.15) is 0 Å². The maximum absolute atomic E-state index is 14.7. The van der Waals surface area contributed by atoms with Crippen LogP contribution in [-0.2, 0) is 15.9 Å². The van der Waals surface area contributed by atoms with Gasteiger partial charge in [0.1, 0.15) is 5.82 Å². The zero-order valence-electron chi connectivity index (χ0n) is 15.0. The molecule has 2 aromatic carbocycles. The summed E-state index contributed by atoms with van der Waals surface area (Å²) in [5.74, 6) is -2.55. The van der Waals surface area contributed by atoms with Crippen LogP contribution >= 0.6 is 0 Å². The van der Waals surface area contributed by atoms with Gasteiger partial charge in [0.05, 0.1) is 18.8 Å². The number of benzene rings is 2. The average molecular weight is 364 g/mol. The van der Waals surface area contributed by atoms with E-state index in [0.29, 0.717) is 13.0 Å². The first-order valence-corrected chi connectivity index (χ1v) is 8.96. The summed E-state index contributed by atoms with van der Waals surface area (Å²) in [6, 6.07) is 7.57. The smallest absolute Gasteiger partial charge is 0.167 e. The Kier molecular flexibility index (Phi) is 5.99. The molecule has 0 aliphatic carbocycles. The van der Waals surface area contributed by atoms with E-state index in [1.165, 1.54) is 24.3 Å². The standard InChI is InChI=1S/C21H23F3O2/c1-3-4-13-5-7-15(18(22)11-13)16-8-9-17(21(24)20(16)23)19-10-6-14(25-2)12-26-19/h5,7-9,11,14,19H,3-4,6,10,12H2,1-2H3. The van der Waals surface area contributed by atoms with Crippen LogP contribution in [0.4, 0.5) is 13.2 Å². The molecule has 2 atom stereocenters. The van der Waals surface area contributed by atoms with Crippen LogP contribution in [0, 0.1) is 17.5 Å². The Morgan fingerprint density at radius 1 is 1.04 bits per heavy atom. The maximum Gasteiger partial charge on any atom is 0.167 e. The zero-order chi connectivity index (χ0) is 18.7. The van der Waals surface area contributed by atoms with Crippen molar-refractivity contribution in [1.82, 2.24) is 0 Å². The van der Waals surface area contributed by atoms with Crippen molar-refractivity contribution < 1.29 is 22.6 Å². The molecular formula is C21H23F3O2. The van der Waals surface area contributed by atoms with Crippen LogP contribution in [0.1, 0.15) is 43.4 Å². The van der Waals surface area contributed by atoms with Crippen LogP contribution in [0.2, 0.25) is 0 Å². The van der Waals surface area contributed by atoms with Crippen molar-refractivity contribution in [2.24, 2.45) is 0 Å². The lowest BCUT2D eigenvalue weighted by atomic mass is 9.95. The van der Waals surface area contributed by atoms with E-state index in [1.54, 1.807) is 13.2 Å². The molecule has 2 nitrogen and oxygen atoms in total. The number of rotatable bonds is 5. The highest BCUT2D eigenvalue weighted by Gasteiger charge is 2.27. The highest BCUT2D eigenvalue weighted by Crippen LogP contribution is 2.35. The fourth-order valence-electron chi connectivity index (χ4n) is 3.40. The summed E-state index contributed by atoms with van der Waals surface area (Å²) in [6.45, 7) is 2.35. The number of halogens is 3. The molecule has 0 bridgehead atoms. The van der Waals surface area contributed by atoms with Gasteiger partial charge < -0.3 is 9.47 Å². The minimum atomic E-state index is -1.04. The van der Waals surface area contributed by atoms with Crippen LogP contribution in [0.15, 0.2) is 30.3 Å². The summed E-state index contributed by atoms with van der Waals surface area (Å²) in [6.07, 6.45) is 2.37. The van der Waals surface area contributed by atoms with Crippen molar-refractivity contribution in [2.45, 2.75) is 44.8 Å². The van der Waals surface area contributed by atoms with Gasteiger partial charge in [0.25, 0.3) is 0 Å². The lowest BCUT2D eigenvalue weighted by Gasteiger charge is -2.28. The van der Waals surface area contributed by atoms with Gasteiger partial charge in [-0.1, -0.05) is 37.6 Å². The SMILES string of the molecule is CCCc1ccc(-c2ccc(C3CCC(OC)CO3)c(F)c2F)c(F)c1. The Morgan fingerprint density at radius 2 is 1.81 bits per heavy atom. The van der Waals surface area contributed by atoms with Crippen molar-refractivity contribution in [3.05, 3.63) is 58.9 Å². The fraction of sp³-hybridized carbons (Fsp3) is 0.429. The van der Waals surface area contributed by atoms with Crippen LogP contribution in [0.3, 0.4) is 0 Å². The Morgan fingerprint density at radius 3 is 2.42 bits per heavy atom. The van der Waals surface area contributed by atoms with Crippen LogP contribution in [0.5, 0.6) is 0 Å². The Hall–Kier alpha value is -1.85. The Balaban J connectivity index is 1.88. The zero-order valence-corrected chi connectivity index (χ0v) is 15.0. The van der Waals surface area contributed by atoms with E-state index >= 15 is 0 Å². The highest BCUT2D eigenvalue weighted by atomic mass is 19.2. The summed E-state index contributed by atoms with van der Waals surface area (Å²) >= 11 is 0. The molecule has 1 heterocycles. The topological polar surface area (TPSA) is 18.5 Å². The highest BCUT2D eigenvalue weighted by molar-refractivity contribution is 5.66. The predicted molar refractivity (Wildman–Crippen MR) is 94.5 cm³/mol. The van der Waals surface area contributed by atoms with E-state index in [-0.39, 0.29) is 22.8 Å². The molecule has 1 aliphatic heterocycles. The third kappa shape index (κ3) is 3.79. The van der Waals surface area contributed by atoms with Gasteiger partial charge in [-0.15, -0.1) is 0 Å². The van der Waals surface area contributed by atoms with Crippen LogP contribution < -0.4 is 0 Å². The molecule has 5 heteroatoms. The first-order chi connectivity index (χ1) is 12.5. The summed E-state index contributed by atoms with van der Waals surface area (Å²) in [5.41, 5.74) is 1.01. The molecule has 1 saturated heterocycles. The van der Waals surface area contributed by atoms with Gasteiger partial charge in [-0.05, 0) is 30.9 Å². The first kappa shape index (κ1) is 18.9. The van der Waals surface area contributed by atoms with Crippen LogP contribution in [0.25, 0.3) is 11.1 Å². The van der Waals surface area contributed by atoms with E-state index < -0.39 is 23.6 Å². The molecule has 2 aromatic rings. The number of aryl methyl sites for hydroxylation is 1. The lowest BCUT2D eigenvalue weighted by molar-refractivity contribution is -0.0736. The molecule has 1 aliphatic rings. The number of hydrogen-bond acceptors (Lipinski definition) is 2. The predicted octanol–water partition coefficient (Wildman–Crippen LogP) is 5.59. The summed E-state index contributed by atoms with van der Waals surface area (Å²) in [5, 5.41) is 0. The largest absolute Gasteiger partial charge is 0.379 e. The average Bonchev–Trinajstić information content (AvgIpc) is 2.65. The summed E-state index contributed by atoms with van der Waals surface area (Å²) in [7, 11) is 1.60. The number of ether oxygens (including phenoxy) is 2.